The quantitative estimate of drug-likeness (QED) is 0.520. The van der Waals surface area contributed by atoms with Crippen LogP contribution in [-0.4, -0.2) is 61.3 Å². The van der Waals surface area contributed by atoms with Gasteiger partial charge in [0.15, 0.2) is 0 Å². The van der Waals surface area contributed by atoms with Crippen molar-refractivity contribution in [3.63, 3.8) is 0 Å². The number of hydrogen-bond donors (Lipinski definition) is 1. The van der Waals surface area contributed by atoms with E-state index < -0.39 is 11.9 Å². The summed E-state index contributed by atoms with van der Waals surface area (Å²) < 4.78 is 9.26. The molecule has 1 N–H and O–H groups in total. The fourth-order valence-corrected chi connectivity index (χ4v) is 1.58. The summed E-state index contributed by atoms with van der Waals surface area (Å²) in [7, 11) is 1.19. The highest BCUT2D eigenvalue weighted by atomic mass is 16.5. The number of morpholine rings is 1. The monoisotopic (exact) mass is 257 g/mol. The van der Waals surface area contributed by atoms with Gasteiger partial charge in [-0.3, -0.25) is 9.69 Å². The van der Waals surface area contributed by atoms with E-state index in [-0.39, 0.29) is 24.5 Å². The molecule has 0 amide bonds. The van der Waals surface area contributed by atoms with Crippen molar-refractivity contribution in [2.45, 2.75) is 6.42 Å². The first kappa shape index (κ1) is 14.2. The fourth-order valence-electron chi connectivity index (χ4n) is 1.58. The molecule has 0 unspecified atom stereocenters. The molecule has 100 valence electrons. The zero-order valence-electron chi connectivity index (χ0n) is 10.0. The molecule has 1 aliphatic rings. The Bertz CT molecular complexity index is 376. The lowest BCUT2D eigenvalue weighted by Crippen LogP contribution is -2.40. The first-order chi connectivity index (χ1) is 8.52. The van der Waals surface area contributed by atoms with Gasteiger partial charge in [-0.25, -0.2) is 9.59 Å². The normalized spacial score (nSPS) is 17.2. The average molecular weight is 257 g/mol. The van der Waals surface area contributed by atoms with Crippen molar-refractivity contribution in [1.29, 1.82) is 0 Å². The highest BCUT2D eigenvalue weighted by molar-refractivity contribution is 5.95. The Balaban J connectivity index is 2.54. The largest absolute Gasteiger partial charge is 0.478 e. The third kappa shape index (κ3) is 4.54. The number of nitrogens with zero attached hydrogens (tertiary/aromatic N) is 1. The fraction of sp³-hybridized carbons (Fsp3) is 0.545. The van der Waals surface area contributed by atoms with Crippen molar-refractivity contribution in [1.82, 2.24) is 4.90 Å². The molecule has 0 aromatic carbocycles. The van der Waals surface area contributed by atoms with Gasteiger partial charge < -0.3 is 14.6 Å². The molecule has 7 nitrogen and oxygen atoms in total. The Morgan fingerprint density at radius 2 is 2.28 bits per heavy atom. The first-order valence-corrected chi connectivity index (χ1v) is 5.42. The van der Waals surface area contributed by atoms with Crippen LogP contribution in [0.25, 0.3) is 0 Å². The Hall–Kier alpha value is -1.89. The summed E-state index contributed by atoms with van der Waals surface area (Å²) >= 11 is 0. The number of ether oxygens (including phenoxy) is 2. The van der Waals surface area contributed by atoms with Crippen LogP contribution in [-0.2, 0) is 23.9 Å². The summed E-state index contributed by atoms with van der Waals surface area (Å²) in [6, 6.07) is 0. The van der Waals surface area contributed by atoms with Gasteiger partial charge in [0.05, 0.1) is 13.7 Å². The SMILES string of the molecule is COC(=O)/C(=C/C(=O)O)CCN1CCOC(=O)C1. The molecule has 1 saturated heterocycles. The summed E-state index contributed by atoms with van der Waals surface area (Å²) in [5.74, 6) is -2.19. The average Bonchev–Trinajstić information content (AvgIpc) is 2.33. The minimum atomic E-state index is -1.20. The van der Waals surface area contributed by atoms with E-state index in [1.54, 1.807) is 4.90 Å². The van der Waals surface area contributed by atoms with Gasteiger partial charge >= 0.3 is 17.9 Å². The van der Waals surface area contributed by atoms with E-state index in [0.717, 1.165) is 6.08 Å². The maximum Gasteiger partial charge on any atom is 0.334 e. The molecular weight excluding hydrogens is 242 g/mol. The van der Waals surface area contributed by atoms with Gasteiger partial charge in [-0.15, -0.1) is 0 Å². The van der Waals surface area contributed by atoms with Crippen LogP contribution in [0.15, 0.2) is 11.6 Å². The summed E-state index contributed by atoms with van der Waals surface area (Å²) in [4.78, 5) is 34.7. The van der Waals surface area contributed by atoms with Crippen LogP contribution in [0.3, 0.4) is 0 Å². The van der Waals surface area contributed by atoms with Crippen molar-refractivity contribution < 1.29 is 29.0 Å². The summed E-state index contributed by atoms with van der Waals surface area (Å²) in [6.07, 6.45) is 1.04. The maximum absolute atomic E-state index is 11.3. The van der Waals surface area contributed by atoms with Crippen molar-refractivity contribution in [3.05, 3.63) is 11.6 Å². The number of aliphatic carboxylic acids is 1. The van der Waals surface area contributed by atoms with Crippen LogP contribution in [0.4, 0.5) is 0 Å². The second-order valence-electron chi connectivity index (χ2n) is 3.75. The molecule has 1 rings (SSSR count). The Kier molecular flexibility index (Phi) is 5.31. The number of methoxy groups -OCH3 is 1. The zero-order chi connectivity index (χ0) is 13.5. The minimum absolute atomic E-state index is 0.0731. The zero-order valence-corrected chi connectivity index (χ0v) is 10.0. The number of cyclic esters (lactones) is 1. The molecule has 18 heavy (non-hydrogen) atoms. The molecule has 1 fully saturated rings. The molecule has 0 atom stereocenters. The van der Waals surface area contributed by atoms with Gasteiger partial charge in [-0.2, -0.15) is 0 Å². The number of rotatable bonds is 5. The van der Waals surface area contributed by atoms with Crippen molar-refractivity contribution >= 4 is 17.9 Å². The standard InChI is InChI=1S/C11H15NO6/c1-17-11(16)8(6-9(13)14)2-3-12-4-5-18-10(15)7-12/h6H,2-5,7H2,1H3,(H,13,14)/b8-6+. The molecule has 0 aromatic rings. The predicted molar refractivity (Wildman–Crippen MR) is 59.8 cm³/mol. The number of esters is 2. The van der Waals surface area contributed by atoms with Crippen LogP contribution < -0.4 is 0 Å². The second kappa shape index (κ2) is 6.75. The van der Waals surface area contributed by atoms with Crippen molar-refractivity contribution in [2.75, 3.05) is 33.4 Å². The Morgan fingerprint density at radius 3 is 2.83 bits per heavy atom. The summed E-state index contributed by atoms with van der Waals surface area (Å²) in [5, 5.41) is 8.64. The second-order valence-corrected chi connectivity index (χ2v) is 3.75. The van der Waals surface area contributed by atoms with Gasteiger partial charge in [-0.05, 0) is 6.42 Å². The molecule has 0 spiro atoms. The van der Waals surface area contributed by atoms with Crippen LogP contribution >= 0.6 is 0 Å². The number of hydrogen-bond acceptors (Lipinski definition) is 6. The molecule has 1 heterocycles. The number of carboxylic acid groups (broad SMARTS) is 1. The minimum Gasteiger partial charge on any atom is -0.478 e. The van der Waals surface area contributed by atoms with Gasteiger partial charge in [0.2, 0.25) is 0 Å². The van der Waals surface area contributed by atoms with Gasteiger partial charge in [0, 0.05) is 24.7 Å². The lowest BCUT2D eigenvalue weighted by Gasteiger charge is -2.25. The van der Waals surface area contributed by atoms with Crippen LogP contribution in [0.5, 0.6) is 0 Å². The Labute approximate surface area is 104 Å². The van der Waals surface area contributed by atoms with Gasteiger partial charge in [0.1, 0.15) is 6.61 Å². The molecule has 0 aromatic heterocycles. The number of carboxylic acids is 1. The van der Waals surface area contributed by atoms with Crippen molar-refractivity contribution in [2.24, 2.45) is 0 Å². The third-order valence-corrected chi connectivity index (χ3v) is 2.47. The topological polar surface area (TPSA) is 93.1 Å². The molecule has 0 bridgehead atoms. The summed E-state index contributed by atoms with van der Waals surface area (Å²) in [5.41, 5.74) is 0.0731. The molecular formula is C11H15NO6. The smallest absolute Gasteiger partial charge is 0.334 e. The predicted octanol–water partition coefficient (Wildman–Crippen LogP) is -0.581. The van der Waals surface area contributed by atoms with E-state index >= 15 is 0 Å². The van der Waals surface area contributed by atoms with E-state index in [1.807, 2.05) is 0 Å². The van der Waals surface area contributed by atoms with Crippen LogP contribution in [0.2, 0.25) is 0 Å². The molecule has 7 heteroatoms. The van der Waals surface area contributed by atoms with E-state index in [0.29, 0.717) is 19.7 Å². The lowest BCUT2D eigenvalue weighted by atomic mass is 10.1. The Morgan fingerprint density at radius 1 is 1.56 bits per heavy atom. The third-order valence-electron chi connectivity index (χ3n) is 2.47. The maximum atomic E-state index is 11.3. The summed E-state index contributed by atoms with van der Waals surface area (Å²) in [6.45, 7) is 1.45. The number of carbonyl (C=O) groups is 3. The van der Waals surface area contributed by atoms with E-state index in [9.17, 15) is 14.4 Å². The van der Waals surface area contributed by atoms with Crippen LogP contribution in [0.1, 0.15) is 6.42 Å². The highest BCUT2D eigenvalue weighted by Crippen LogP contribution is 2.07. The number of carbonyl (C=O) groups excluding carboxylic acids is 2. The van der Waals surface area contributed by atoms with E-state index in [4.69, 9.17) is 9.84 Å². The highest BCUT2D eigenvalue weighted by Gasteiger charge is 2.19. The van der Waals surface area contributed by atoms with Gasteiger partial charge in [0.25, 0.3) is 0 Å². The van der Waals surface area contributed by atoms with E-state index in [1.165, 1.54) is 7.11 Å². The molecule has 1 aliphatic heterocycles. The van der Waals surface area contributed by atoms with E-state index in [2.05, 4.69) is 4.74 Å². The first-order valence-electron chi connectivity index (χ1n) is 5.42. The van der Waals surface area contributed by atoms with Crippen LogP contribution in [0, 0.1) is 0 Å². The van der Waals surface area contributed by atoms with Gasteiger partial charge in [-0.1, -0.05) is 0 Å². The lowest BCUT2D eigenvalue weighted by molar-refractivity contribution is -0.150. The molecule has 0 aliphatic carbocycles. The molecule has 0 saturated carbocycles. The van der Waals surface area contributed by atoms with Crippen molar-refractivity contribution in [3.8, 4) is 0 Å². The molecule has 0 radical (unpaired) electrons.